The van der Waals surface area contributed by atoms with Crippen LogP contribution >= 0.6 is 23.2 Å². The quantitative estimate of drug-likeness (QED) is 0.730. The normalized spacial score (nSPS) is 17.0. The Morgan fingerprint density at radius 3 is 2.89 bits per heavy atom. The third-order valence-electron chi connectivity index (χ3n) is 4.51. The summed E-state index contributed by atoms with van der Waals surface area (Å²) in [5, 5.41) is 6.60. The number of carbonyl (C=O) groups excluding carboxylic acids is 2. The minimum Gasteiger partial charge on any atom is -0.467 e. The average molecular weight is 410 g/mol. The topological polar surface area (TPSA) is 74.6 Å². The van der Waals surface area contributed by atoms with Crippen LogP contribution in [0.5, 0.6) is 0 Å². The number of rotatable bonds is 7. The summed E-state index contributed by atoms with van der Waals surface area (Å²) in [5.41, 5.74) is 0.489. The fourth-order valence-corrected chi connectivity index (χ4v) is 3.48. The highest BCUT2D eigenvalue weighted by Gasteiger charge is 2.30. The molecule has 2 heterocycles. The number of nitrogens with one attached hydrogen (secondary N) is 2. The van der Waals surface area contributed by atoms with Gasteiger partial charge in [0, 0.05) is 18.0 Å². The van der Waals surface area contributed by atoms with Gasteiger partial charge in [0.25, 0.3) is 0 Å². The maximum atomic E-state index is 12.4. The van der Waals surface area contributed by atoms with Crippen molar-refractivity contribution in [1.82, 2.24) is 10.2 Å². The Morgan fingerprint density at radius 1 is 1.26 bits per heavy atom. The van der Waals surface area contributed by atoms with Crippen molar-refractivity contribution in [2.75, 3.05) is 18.4 Å². The van der Waals surface area contributed by atoms with Gasteiger partial charge in [0.15, 0.2) is 0 Å². The van der Waals surface area contributed by atoms with Gasteiger partial charge in [-0.3, -0.25) is 14.5 Å². The molecule has 144 valence electrons. The Hall–Kier alpha value is -2.02. The molecule has 0 saturated carbocycles. The van der Waals surface area contributed by atoms with Crippen LogP contribution in [0.1, 0.15) is 25.0 Å². The van der Waals surface area contributed by atoms with Crippen molar-refractivity contribution < 1.29 is 14.0 Å². The van der Waals surface area contributed by atoms with E-state index in [1.165, 1.54) is 0 Å². The fourth-order valence-electron chi connectivity index (χ4n) is 3.15. The standard InChI is InChI=1S/C19H21Cl2N3O3/c20-13-5-6-15(21)16(11-13)23-18(25)7-9-24-8-1-4-17(24)19(26)22-12-14-3-2-10-27-14/h2-3,5-6,10-11,17H,1,4,7-9,12H2,(H,22,26)(H,23,25). The van der Waals surface area contributed by atoms with E-state index in [-0.39, 0.29) is 24.3 Å². The molecular formula is C19H21Cl2N3O3. The SMILES string of the molecule is O=C(CCN1CCCC1C(=O)NCc1ccco1)Nc1cc(Cl)ccc1Cl. The van der Waals surface area contributed by atoms with E-state index in [0.29, 0.717) is 34.6 Å². The molecule has 0 aliphatic carbocycles. The molecule has 1 aliphatic rings. The van der Waals surface area contributed by atoms with E-state index in [9.17, 15) is 9.59 Å². The Kier molecular flexibility index (Phi) is 6.77. The van der Waals surface area contributed by atoms with Gasteiger partial charge in [-0.25, -0.2) is 0 Å². The predicted octanol–water partition coefficient (Wildman–Crippen LogP) is 3.70. The summed E-state index contributed by atoms with van der Waals surface area (Å²) < 4.78 is 5.23. The van der Waals surface area contributed by atoms with Crippen LogP contribution < -0.4 is 10.6 Å². The number of anilines is 1. The Bertz CT molecular complexity index is 796. The lowest BCUT2D eigenvalue weighted by atomic mass is 10.2. The molecule has 2 N–H and O–H groups in total. The van der Waals surface area contributed by atoms with Gasteiger partial charge in [-0.1, -0.05) is 23.2 Å². The molecule has 1 saturated heterocycles. The van der Waals surface area contributed by atoms with E-state index in [0.717, 1.165) is 19.4 Å². The second kappa shape index (κ2) is 9.26. The molecule has 0 spiro atoms. The summed E-state index contributed by atoms with van der Waals surface area (Å²) in [6.07, 6.45) is 3.56. The largest absolute Gasteiger partial charge is 0.467 e. The zero-order chi connectivity index (χ0) is 19.2. The minimum absolute atomic E-state index is 0.0396. The van der Waals surface area contributed by atoms with Crippen molar-refractivity contribution in [1.29, 1.82) is 0 Å². The number of benzene rings is 1. The first-order valence-electron chi connectivity index (χ1n) is 8.82. The summed E-state index contributed by atoms with van der Waals surface area (Å²) in [6, 6.07) is 8.30. The van der Waals surface area contributed by atoms with Crippen molar-refractivity contribution >= 4 is 40.7 Å². The molecule has 3 rings (SSSR count). The average Bonchev–Trinajstić information content (AvgIpc) is 3.32. The molecule has 0 radical (unpaired) electrons. The highest BCUT2D eigenvalue weighted by molar-refractivity contribution is 6.35. The first-order valence-corrected chi connectivity index (χ1v) is 9.57. The van der Waals surface area contributed by atoms with Crippen molar-refractivity contribution in [3.8, 4) is 0 Å². The highest BCUT2D eigenvalue weighted by atomic mass is 35.5. The minimum atomic E-state index is -0.220. The number of hydrogen-bond acceptors (Lipinski definition) is 4. The van der Waals surface area contributed by atoms with Gasteiger partial charge in [-0.05, 0) is 49.7 Å². The summed E-state index contributed by atoms with van der Waals surface area (Å²) in [6.45, 7) is 1.66. The van der Waals surface area contributed by atoms with Crippen molar-refractivity contribution in [3.63, 3.8) is 0 Å². The number of nitrogens with zero attached hydrogens (tertiary/aromatic N) is 1. The highest BCUT2D eigenvalue weighted by Crippen LogP contribution is 2.25. The summed E-state index contributed by atoms with van der Waals surface area (Å²) in [4.78, 5) is 26.7. The third-order valence-corrected chi connectivity index (χ3v) is 5.08. The molecule has 0 bridgehead atoms. The van der Waals surface area contributed by atoms with Crippen LogP contribution in [0.15, 0.2) is 41.0 Å². The van der Waals surface area contributed by atoms with Gasteiger partial charge in [0.1, 0.15) is 5.76 Å². The van der Waals surface area contributed by atoms with Crippen molar-refractivity contribution in [2.24, 2.45) is 0 Å². The lowest BCUT2D eigenvalue weighted by Gasteiger charge is -2.23. The summed E-state index contributed by atoms with van der Waals surface area (Å²) >= 11 is 12.0. The van der Waals surface area contributed by atoms with E-state index >= 15 is 0 Å². The molecule has 1 fully saturated rings. The van der Waals surface area contributed by atoms with E-state index in [1.54, 1.807) is 30.5 Å². The molecule has 1 aromatic heterocycles. The Labute approximate surface area is 167 Å². The second-order valence-corrected chi connectivity index (χ2v) is 7.26. The zero-order valence-corrected chi connectivity index (χ0v) is 16.2. The first-order chi connectivity index (χ1) is 13.0. The van der Waals surface area contributed by atoms with E-state index in [4.69, 9.17) is 27.6 Å². The number of halogens is 2. The molecule has 1 atom stereocenters. The number of amides is 2. The van der Waals surface area contributed by atoms with Gasteiger partial charge in [-0.2, -0.15) is 0 Å². The molecule has 1 aliphatic heterocycles. The van der Waals surface area contributed by atoms with Crippen molar-refractivity contribution in [3.05, 3.63) is 52.4 Å². The van der Waals surface area contributed by atoms with Crippen LogP contribution in [-0.2, 0) is 16.1 Å². The van der Waals surface area contributed by atoms with E-state index in [1.807, 2.05) is 11.0 Å². The number of furan rings is 1. The predicted molar refractivity (Wildman–Crippen MR) is 105 cm³/mol. The number of hydrogen-bond donors (Lipinski definition) is 2. The maximum Gasteiger partial charge on any atom is 0.237 e. The fraction of sp³-hybridized carbons (Fsp3) is 0.368. The van der Waals surface area contributed by atoms with Crippen LogP contribution in [0.3, 0.4) is 0 Å². The monoisotopic (exact) mass is 409 g/mol. The van der Waals surface area contributed by atoms with Gasteiger partial charge in [0.05, 0.1) is 29.6 Å². The smallest absolute Gasteiger partial charge is 0.237 e. The second-order valence-electron chi connectivity index (χ2n) is 6.41. The van der Waals surface area contributed by atoms with Gasteiger partial charge < -0.3 is 15.1 Å². The lowest BCUT2D eigenvalue weighted by molar-refractivity contribution is -0.126. The van der Waals surface area contributed by atoms with Crippen LogP contribution in [0.4, 0.5) is 5.69 Å². The first kappa shape index (κ1) is 19.7. The van der Waals surface area contributed by atoms with Crippen LogP contribution in [0, 0.1) is 0 Å². The van der Waals surface area contributed by atoms with Gasteiger partial charge in [0.2, 0.25) is 11.8 Å². The molecule has 1 unspecified atom stereocenters. The Balaban J connectivity index is 1.48. The molecule has 1 aromatic carbocycles. The number of likely N-dealkylation sites (tertiary alicyclic amines) is 1. The van der Waals surface area contributed by atoms with Crippen LogP contribution in [0.2, 0.25) is 10.0 Å². The van der Waals surface area contributed by atoms with E-state index < -0.39 is 0 Å². The third kappa shape index (κ3) is 5.48. The lowest BCUT2D eigenvalue weighted by Crippen LogP contribution is -2.43. The zero-order valence-electron chi connectivity index (χ0n) is 14.7. The molecule has 2 amide bonds. The Morgan fingerprint density at radius 2 is 2.11 bits per heavy atom. The molecule has 8 heteroatoms. The van der Waals surface area contributed by atoms with E-state index in [2.05, 4.69) is 10.6 Å². The molecular weight excluding hydrogens is 389 g/mol. The molecule has 27 heavy (non-hydrogen) atoms. The summed E-state index contributed by atoms with van der Waals surface area (Å²) in [7, 11) is 0. The maximum absolute atomic E-state index is 12.4. The molecule has 2 aromatic rings. The van der Waals surface area contributed by atoms with Crippen LogP contribution in [-0.4, -0.2) is 35.8 Å². The molecule has 6 nitrogen and oxygen atoms in total. The van der Waals surface area contributed by atoms with Gasteiger partial charge in [-0.15, -0.1) is 0 Å². The van der Waals surface area contributed by atoms with Gasteiger partial charge >= 0.3 is 0 Å². The summed E-state index contributed by atoms with van der Waals surface area (Å²) in [5.74, 6) is 0.508. The van der Waals surface area contributed by atoms with Crippen LogP contribution in [0.25, 0.3) is 0 Å². The van der Waals surface area contributed by atoms with Crippen molar-refractivity contribution in [2.45, 2.75) is 31.8 Å². The number of carbonyl (C=O) groups is 2.